The average Bonchev–Trinajstić information content (AvgIpc) is 2.66. The van der Waals surface area contributed by atoms with E-state index in [-0.39, 0.29) is 5.91 Å². The van der Waals surface area contributed by atoms with E-state index in [9.17, 15) is 4.79 Å². The lowest BCUT2D eigenvalue weighted by Gasteiger charge is -2.25. The summed E-state index contributed by atoms with van der Waals surface area (Å²) in [6.07, 6.45) is 0. The third-order valence-corrected chi connectivity index (χ3v) is 4.08. The number of amides is 1. The first-order chi connectivity index (χ1) is 12.9. The van der Waals surface area contributed by atoms with Gasteiger partial charge in [0.25, 0.3) is 5.91 Å². The Morgan fingerprint density at radius 3 is 2.00 bits per heavy atom. The molecule has 138 valence electrons. The molecule has 0 fully saturated rings. The molecule has 0 heterocycles. The minimum absolute atomic E-state index is 0.255. The third-order valence-electron chi connectivity index (χ3n) is 3.82. The molecular formula is C22H20ClNO3. The molecule has 3 aromatic rings. The number of halogens is 1. The summed E-state index contributed by atoms with van der Waals surface area (Å²) in [6, 6.07) is 23.6. The molecule has 0 bridgehead atoms. The fraction of sp³-hybridized carbons (Fsp3) is 0.136. The number of carbonyl (C=O) groups excluding carboxylic acids is 1. The molecule has 0 aliphatic rings. The molecule has 1 N–H and O–H groups in total. The Hall–Kier alpha value is -2.98. The van der Waals surface area contributed by atoms with Crippen LogP contribution in [0, 0.1) is 0 Å². The lowest BCUT2D eigenvalue weighted by molar-refractivity contribution is -0.128. The normalized spacial score (nSPS) is 10.9. The van der Waals surface area contributed by atoms with Crippen LogP contribution in [-0.4, -0.2) is 11.5 Å². The van der Waals surface area contributed by atoms with Gasteiger partial charge in [-0.2, -0.15) is 0 Å². The lowest BCUT2D eigenvalue weighted by Crippen LogP contribution is -2.42. The Labute approximate surface area is 163 Å². The molecule has 1 amide bonds. The van der Waals surface area contributed by atoms with E-state index >= 15 is 0 Å². The molecular weight excluding hydrogens is 362 g/mol. The highest BCUT2D eigenvalue weighted by atomic mass is 35.5. The van der Waals surface area contributed by atoms with Gasteiger partial charge in [-0.3, -0.25) is 4.79 Å². The van der Waals surface area contributed by atoms with Crippen molar-refractivity contribution in [3.8, 4) is 17.2 Å². The molecule has 0 atom stereocenters. The molecule has 0 aliphatic carbocycles. The predicted octanol–water partition coefficient (Wildman–Crippen LogP) is 5.93. The quantitative estimate of drug-likeness (QED) is 0.575. The maximum Gasteiger partial charge on any atom is 0.267 e. The maximum atomic E-state index is 12.6. The van der Waals surface area contributed by atoms with Crippen LogP contribution in [0.4, 0.5) is 5.69 Å². The van der Waals surface area contributed by atoms with E-state index < -0.39 is 5.60 Å². The van der Waals surface area contributed by atoms with Crippen LogP contribution >= 0.6 is 11.6 Å². The summed E-state index contributed by atoms with van der Waals surface area (Å²) in [6.45, 7) is 3.42. The van der Waals surface area contributed by atoms with Crippen molar-refractivity contribution >= 4 is 23.2 Å². The largest absolute Gasteiger partial charge is 0.478 e. The summed E-state index contributed by atoms with van der Waals surface area (Å²) in [4.78, 5) is 12.6. The minimum atomic E-state index is -1.05. The van der Waals surface area contributed by atoms with Crippen molar-refractivity contribution in [3.05, 3.63) is 83.9 Å². The van der Waals surface area contributed by atoms with Crippen LogP contribution < -0.4 is 14.8 Å². The Bertz CT molecular complexity index is 891. The number of nitrogens with one attached hydrogen (secondary N) is 1. The zero-order valence-corrected chi connectivity index (χ0v) is 15.9. The van der Waals surface area contributed by atoms with Crippen LogP contribution in [0.3, 0.4) is 0 Å². The van der Waals surface area contributed by atoms with Crippen molar-refractivity contribution in [3.63, 3.8) is 0 Å². The molecule has 5 heteroatoms. The van der Waals surface area contributed by atoms with Crippen molar-refractivity contribution in [1.29, 1.82) is 0 Å². The van der Waals surface area contributed by atoms with Crippen LogP contribution in [0.1, 0.15) is 13.8 Å². The molecule has 0 saturated heterocycles. The van der Waals surface area contributed by atoms with Crippen LogP contribution in [-0.2, 0) is 4.79 Å². The van der Waals surface area contributed by atoms with E-state index in [1.54, 1.807) is 62.4 Å². The van der Waals surface area contributed by atoms with Gasteiger partial charge in [0.15, 0.2) is 5.60 Å². The zero-order chi connectivity index (χ0) is 19.3. The maximum absolute atomic E-state index is 12.6. The molecule has 4 nitrogen and oxygen atoms in total. The number of anilines is 1. The van der Waals surface area contributed by atoms with E-state index in [1.165, 1.54) is 0 Å². The SMILES string of the molecule is CC(C)(Oc1ccc(Cl)cc1)C(=O)Nc1ccc(Oc2ccccc2)cc1. The van der Waals surface area contributed by atoms with Gasteiger partial charge in [0.05, 0.1) is 0 Å². The van der Waals surface area contributed by atoms with Gasteiger partial charge in [-0.15, -0.1) is 0 Å². The Morgan fingerprint density at radius 2 is 1.37 bits per heavy atom. The van der Waals surface area contributed by atoms with E-state index in [1.807, 2.05) is 30.3 Å². The van der Waals surface area contributed by atoms with E-state index in [0.29, 0.717) is 22.2 Å². The molecule has 0 unspecified atom stereocenters. The highest BCUT2D eigenvalue weighted by molar-refractivity contribution is 6.30. The summed E-state index contributed by atoms with van der Waals surface area (Å²) in [5, 5.41) is 3.47. The van der Waals surface area contributed by atoms with Crippen LogP contribution in [0.2, 0.25) is 5.02 Å². The van der Waals surface area contributed by atoms with Crippen LogP contribution in [0.5, 0.6) is 17.2 Å². The van der Waals surface area contributed by atoms with Crippen molar-refractivity contribution in [2.24, 2.45) is 0 Å². The molecule has 0 aromatic heterocycles. The van der Waals surface area contributed by atoms with Crippen molar-refractivity contribution in [2.45, 2.75) is 19.4 Å². The highest BCUT2D eigenvalue weighted by Gasteiger charge is 2.30. The van der Waals surface area contributed by atoms with Crippen molar-refractivity contribution < 1.29 is 14.3 Å². The number of ether oxygens (including phenoxy) is 2. The smallest absolute Gasteiger partial charge is 0.267 e. The zero-order valence-electron chi connectivity index (χ0n) is 15.1. The summed E-state index contributed by atoms with van der Waals surface area (Å²) in [7, 11) is 0. The van der Waals surface area contributed by atoms with Crippen molar-refractivity contribution in [1.82, 2.24) is 0 Å². The third kappa shape index (κ3) is 5.25. The minimum Gasteiger partial charge on any atom is -0.478 e. The Morgan fingerprint density at radius 1 is 0.815 bits per heavy atom. The van der Waals surface area contributed by atoms with Gasteiger partial charge >= 0.3 is 0 Å². The van der Waals surface area contributed by atoms with Gasteiger partial charge < -0.3 is 14.8 Å². The second-order valence-corrected chi connectivity index (χ2v) is 6.90. The van der Waals surface area contributed by atoms with Gasteiger partial charge in [0.1, 0.15) is 17.2 Å². The van der Waals surface area contributed by atoms with Gasteiger partial charge in [-0.05, 0) is 74.5 Å². The monoisotopic (exact) mass is 381 g/mol. The Kier molecular flexibility index (Phi) is 5.67. The number of hydrogen-bond donors (Lipinski definition) is 1. The van der Waals surface area contributed by atoms with Crippen LogP contribution in [0.15, 0.2) is 78.9 Å². The molecule has 0 spiro atoms. The standard InChI is InChI=1S/C22H20ClNO3/c1-22(2,27-20-12-8-16(23)9-13-20)21(25)24-17-10-14-19(15-11-17)26-18-6-4-3-5-7-18/h3-15H,1-2H3,(H,24,25). The Balaban J connectivity index is 1.61. The predicted molar refractivity (Wildman–Crippen MR) is 108 cm³/mol. The molecule has 3 rings (SSSR count). The van der Waals surface area contributed by atoms with E-state index in [0.717, 1.165) is 5.75 Å². The first-order valence-electron chi connectivity index (χ1n) is 8.51. The van der Waals surface area contributed by atoms with E-state index in [4.69, 9.17) is 21.1 Å². The summed E-state index contributed by atoms with van der Waals surface area (Å²) >= 11 is 5.87. The molecule has 0 saturated carbocycles. The molecule has 27 heavy (non-hydrogen) atoms. The first kappa shape index (κ1) is 18.8. The van der Waals surface area contributed by atoms with E-state index in [2.05, 4.69) is 5.32 Å². The summed E-state index contributed by atoms with van der Waals surface area (Å²) in [5.74, 6) is 1.77. The number of carbonyl (C=O) groups is 1. The second-order valence-electron chi connectivity index (χ2n) is 6.46. The number of benzene rings is 3. The molecule has 0 radical (unpaired) electrons. The van der Waals surface area contributed by atoms with Crippen molar-refractivity contribution in [2.75, 3.05) is 5.32 Å². The van der Waals surface area contributed by atoms with Gasteiger partial charge in [-0.25, -0.2) is 0 Å². The second kappa shape index (κ2) is 8.14. The number of rotatable bonds is 6. The fourth-order valence-corrected chi connectivity index (χ4v) is 2.48. The number of para-hydroxylation sites is 1. The molecule has 3 aromatic carbocycles. The first-order valence-corrected chi connectivity index (χ1v) is 8.89. The van der Waals surface area contributed by atoms with Gasteiger partial charge in [-0.1, -0.05) is 29.8 Å². The number of hydrogen-bond acceptors (Lipinski definition) is 3. The van der Waals surface area contributed by atoms with Gasteiger partial charge in [0.2, 0.25) is 0 Å². The fourth-order valence-electron chi connectivity index (χ4n) is 2.36. The molecule has 0 aliphatic heterocycles. The lowest BCUT2D eigenvalue weighted by atomic mass is 10.1. The van der Waals surface area contributed by atoms with Crippen LogP contribution in [0.25, 0.3) is 0 Å². The van der Waals surface area contributed by atoms with Gasteiger partial charge in [0, 0.05) is 10.7 Å². The topological polar surface area (TPSA) is 47.6 Å². The summed E-state index contributed by atoms with van der Waals surface area (Å²) in [5.41, 5.74) is -0.388. The summed E-state index contributed by atoms with van der Waals surface area (Å²) < 4.78 is 11.5. The average molecular weight is 382 g/mol. The highest BCUT2D eigenvalue weighted by Crippen LogP contribution is 2.25.